The number of ether oxygens (including phenoxy) is 1. The first-order chi connectivity index (χ1) is 6.33. The van der Waals surface area contributed by atoms with Crippen LogP contribution in [0.25, 0.3) is 0 Å². The maximum absolute atomic E-state index is 10.5. The fourth-order valence-electron chi connectivity index (χ4n) is 1.10. The highest BCUT2D eigenvalue weighted by atomic mass is 16.5. The van der Waals surface area contributed by atoms with Gasteiger partial charge in [0, 0.05) is 5.56 Å². The van der Waals surface area contributed by atoms with Crippen molar-refractivity contribution in [3.63, 3.8) is 0 Å². The molecule has 0 unspecified atom stereocenters. The summed E-state index contributed by atoms with van der Waals surface area (Å²) in [5.41, 5.74) is 0.613. The lowest BCUT2D eigenvalue weighted by Gasteiger charge is -2.07. The van der Waals surface area contributed by atoms with Crippen molar-refractivity contribution in [2.45, 2.75) is 5.92 Å². The number of methoxy groups -OCH3 is 1. The monoisotopic (exact) mass is 175 g/mol. The summed E-state index contributed by atoms with van der Waals surface area (Å²) in [6.45, 7) is 0. The van der Waals surface area contributed by atoms with Crippen LogP contribution in [0.5, 0.6) is 5.75 Å². The van der Waals surface area contributed by atoms with Crippen molar-refractivity contribution < 1.29 is 9.53 Å². The normalized spacial score (nSPS) is 11.4. The van der Waals surface area contributed by atoms with Gasteiger partial charge in [0.1, 0.15) is 18.0 Å². The van der Waals surface area contributed by atoms with Crippen molar-refractivity contribution in [3.05, 3.63) is 29.8 Å². The highest BCUT2D eigenvalue weighted by molar-refractivity contribution is 5.68. The van der Waals surface area contributed by atoms with Crippen LogP contribution in [0.3, 0.4) is 0 Å². The van der Waals surface area contributed by atoms with Gasteiger partial charge in [0.2, 0.25) is 0 Å². The average molecular weight is 175 g/mol. The third-order valence-corrected chi connectivity index (χ3v) is 1.75. The SMILES string of the molecule is COc1ccccc1[C@H](C#N)C=O. The summed E-state index contributed by atoms with van der Waals surface area (Å²) in [6, 6.07) is 8.89. The number of benzene rings is 1. The molecule has 0 aliphatic heterocycles. The van der Waals surface area contributed by atoms with Crippen molar-refractivity contribution in [2.75, 3.05) is 7.11 Å². The maximum Gasteiger partial charge on any atom is 0.141 e. The number of nitrogens with zero attached hydrogens (tertiary/aromatic N) is 1. The van der Waals surface area contributed by atoms with Crippen LogP contribution in [-0.4, -0.2) is 13.4 Å². The van der Waals surface area contributed by atoms with Gasteiger partial charge in [-0.05, 0) is 6.07 Å². The first-order valence-electron chi connectivity index (χ1n) is 3.81. The van der Waals surface area contributed by atoms with Crippen LogP contribution in [0.2, 0.25) is 0 Å². The zero-order valence-electron chi connectivity index (χ0n) is 7.23. The second-order valence-corrected chi connectivity index (χ2v) is 2.48. The van der Waals surface area contributed by atoms with Crippen LogP contribution in [0.4, 0.5) is 0 Å². The lowest BCUT2D eigenvalue weighted by Crippen LogP contribution is -1.99. The Morgan fingerprint density at radius 1 is 1.54 bits per heavy atom. The predicted octanol–water partition coefficient (Wildman–Crippen LogP) is 1.50. The van der Waals surface area contributed by atoms with E-state index in [1.54, 1.807) is 24.3 Å². The van der Waals surface area contributed by atoms with E-state index in [1.807, 2.05) is 6.07 Å². The molecule has 1 atom stereocenters. The molecular weight excluding hydrogens is 166 g/mol. The summed E-state index contributed by atoms with van der Waals surface area (Å²) in [5, 5.41) is 8.66. The van der Waals surface area contributed by atoms with E-state index in [-0.39, 0.29) is 0 Å². The van der Waals surface area contributed by atoms with Gasteiger partial charge >= 0.3 is 0 Å². The molecule has 0 radical (unpaired) electrons. The van der Waals surface area contributed by atoms with Crippen molar-refractivity contribution in [1.82, 2.24) is 0 Å². The minimum atomic E-state index is -0.740. The number of aldehydes is 1. The standard InChI is InChI=1S/C10H9NO2/c1-13-10-5-3-2-4-9(10)8(6-11)7-12/h2-5,7-8H,1H3/t8-/m1/s1. The molecule has 0 heterocycles. The fraction of sp³-hybridized carbons (Fsp3) is 0.200. The summed E-state index contributed by atoms with van der Waals surface area (Å²) in [6.07, 6.45) is 0.609. The van der Waals surface area contributed by atoms with Gasteiger partial charge in [-0.1, -0.05) is 18.2 Å². The van der Waals surface area contributed by atoms with E-state index >= 15 is 0 Å². The summed E-state index contributed by atoms with van der Waals surface area (Å²) >= 11 is 0. The van der Waals surface area contributed by atoms with E-state index in [9.17, 15) is 4.79 Å². The molecule has 3 nitrogen and oxygen atoms in total. The molecule has 0 aliphatic carbocycles. The molecule has 0 saturated carbocycles. The van der Waals surface area contributed by atoms with E-state index in [0.29, 0.717) is 17.6 Å². The zero-order chi connectivity index (χ0) is 9.68. The molecule has 0 spiro atoms. The number of carbonyl (C=O) groups is 1. The molecule has 1 rings (SSSR count). The van der Waals surface area contributed by atoms with Crippen LogP contribution < -0.4 is 4.74 Å². The average Bonchev–Trinajstić information content (AvgIpc) is 2.20. The minimum absolute atomic E-state index is 0.571. The molecule has 0 amide bonds. The second-order valence-electron chi connectivity index (χ2n) is 2.48. The fourth-order valence-corrected chi connectivity index (χ4v) is 1.10. The number of nitriles is 1. The van der Waals surface area contributed by atoms with Crippen molar-refractivity contribution in [3.8, 4) is 11.8 Å². The molecule has 0 bridgehead atoms. The number of carbonyl (C=O) groups excluding carboxylic acids is 1. The van der Waals surface area contributed by atoms with Crippen LogP contribution in [0, 0.1) is 11.3 Å². The van der Waals surface area contributed by atoms with Crippen LogP contribution in [0.1, 0.15) is 11.5 Å². The third kappa shape index (κ3) is 1.85. The molecule has 3 heteroatoms. The van der Waals surface area contributed by atoms with Crippen LogP contribution >= 0.6 is 0 Å². The molecule has 13 heavy (non-hydrogen) atoms. The topological polar surface area (TPSA) is 50.1 Å². The molecule has 1 aromatic carbocycles. The van der Waals surface area contributed by atoms with Crippen molar-refractivity contribution in [2.24, 2.45) is 0 Å². The first-order valence-corrected chi connectivity index (χ1v) is 3.81. The number of para-hydroxylation sites is 1. The Morgan fingerprint density at radius 3 is 2.77 bits per heavy atom. The molecule has 0 aliphatic rings. The van der Waals surface area contributed by atoms with Gasteiger partial charge in [-0.15, -0.1) is 0 Å². The highest BCUT2D eigenvalue weighted by Gasteiger charge is 2.13. The second kappa shape index (κ2) is 4.27. The Kier molecular flexibility index (Phi) is 3.04. The van der Waals surface area contributed by atoms with Gasteiger partial charge in [0.15, 0.2) is 0 Å². The highest BCUT2D eigenvalue weighted by Crippen LogP contribution is 2.24. The quantitative estimate of drug-likeness (QED) is 0.654. The summed E-state index contributed by atoms with van der Waals surface area (Å²) in [5.74, 6) is -0.169. The molecule has 1 aromatic rings. The smallest absolute Gasteiger partial charge is 0.141 e. The van der Waals surface area contributed by atoms with E-state index in [1.165, 1.54) is 7.11 Å². The number of hydrogen-bond donors (Lipinski definition) is 0. The molecular formula is C10H9NO2. The van der Waals surface area contributed by atoms with Gasteiger partial charge in [0.25, 0.3) is 0 Å². The first kappa shape index (κ1) is 9.27. The van der Waals surface area contributed by atoms with E-state index in [4.69, 9.17) is 10.00 Å². The molecule has 66 valence electrons. The van der Waals surface area contributed by atoms with Gasteiger partial charge in [-0.25, -0.2) is 0 Å². The number of rotatable bonds is 3. The largest absolute Gasteiger partial charge is 0.496 e. The Morgan fingerprint density at radius 2 is 2.23 bits per heavy atom. The summed E-state index contributed by atoms with van der Waals surface area (Å²) in [7, 11) is 1.51. The summed E-state index contributed by atoms with van der Waals surface area (Å²) in [4.78, 5) is 10.5. The van der Waals surface area contributed by atoms with Gasteiger partial charge < -0.3 is 9.53 Å². The van der Waals surface area contributed by atoms with Crippen LogP contribution in [-0.2, 0) is 4.79 Å². The molecule has 0 aromatic heterocycles. The maximum atomic E-state index is 10.5. The Hall–Kier alpha value is -1.82. The van der Waals surface area contributed by atoms with E-state index in [0.717, 1.165) is 0 Å². The third-order valence-electron chi connectivity index (χ3n) is 1.75. The molecule has 0 fully saturated rings. The number of hydrogen-bond acceptors (Lipinski definition) is 3. The molecule has 0 saturated heterocycles. The van der Waals surface area contributed by atoms with Crippen LogP contribution in [0.15, 0.2) is 24.3 Å². The lowest BCUT2D eigenvalue weighted by atomic mass is 10.0. The molecule has 0 N–H and O–H groups in total. The van der Waals surface area contributed by atoms with Gasteiger partial charge in [-0.2, -0.15) is 5.26 Å². The van der Waals surface area contributed by atoms with E-state index < -0.39 is 5.92 Å². The van der Waals surface area contributed by atoms with Gasteiger partial charge in [-0.3, -0.25) is 0 Å². The Labute approximate surface area is 76.6 Å². The lowest BCUT2D eigenvalue weighted by molar-refractivity contribution is -0.108. The van der Waals surface area contributed by atoms with Crippen molar-refractivity contribution >= 4 is 6.29 Å². The summed E-state index contributed by atoms with van der Waals surface area (Å²) < 4.78 is 5.02. The van der Waals surface area contributed by atoms with E-state index in [2.05, 4.69) is 0 Å². The zero-order valence-corrected chi connectivity index (χ0v) is 7.23. The van der Waals surface area contributed by atoms with Crippen molar-refractivity contribution in [1.29, 1.82) is 5.26 Å². The Balaban J connectivity index is 3.12. The predicted molar refractivity (Wildman–Crippen MR) is 47.4 cm³/mol. The Bertz CT molecular complexity index is 341. The van der Waals surface area contributed by atoms with Gasteiger partial charge in [0.05, 0.1) is 13.2 Å². The minimum Gasteiger partial charge on any atom is -0.496 e.